The van der Waals surface area contributed by atoms with Crippen LogP contribution in [0.3, 0.4) is 0 Å². The van der Waals surface area contributed by atoms with E-state index >= 15 is 0 Å². The fraction of sp³-hybridized carbons (Fsp3) is 0.312. The first-order chi connectivity index (χ1) is 11.0. The van der Waals surface area contributed by atoms with Crippen molar-refractivity contribution < 1.29 is 19.8 Å². The predicted molar refractivity (Wildman–Crippen MR) is 88.5 cm³/mol. The van der Waals surface area contributed by atoms with Crippen molar-refractivity contribution in [1.82, 2.24) is 5.32 Å². The van der Waals surface area contributed by atoms with Gasteiger partial charge in [-0.05, 0) is 48.4 Å². The van der Waals surface area contributed by atoms with E-state index in [1.165, 1.54) is 36.7 Å². The highest BCUT2D eigenvalue weighted by atomic mass is 32.2. The molecule has 0 radical (unpaired) electrons. The second-order valence-electron chi connectivity index (χ2n) is 5.52. The van der Waals surface area contributed by atoms with Crippen LogP contribution < -0.4 is 5.32 Å². The number of rotatable bonds is 3. The minimum Gasteiger partial charge on any atom is -0.507 e. The van der Waals surface area contributed by atoms with E-state index in [0.29, 0.717) is 15.6 Å². The number of hydrogen-bond donors (Lipinski definition) is 3. The van der Waals surface area contributed by atoms with E-state index in [1.807, 2.05) is 0 Å². The molecule has 1 aliphatic heterocycles. The van der Waals surface area contributed by atoms with Crippen molar-refractivity contribution in [2.24, 2.45) is 4.99 Å². The minimum absolute atomic E-state index is 0.167. The predicted octanol–water partition coefficient (Wildman–Crippen LogP) is 2.59. The first-order valence-electron chi connectivity index (χ1n) is 7.38. The van der Waals surface area contributed by atoms with Gasteiger partial charge in [0.15, 0.2) is 5.17 Å². The Bertz CT molecular complexity index is 721. The van der Waals surface area contributed by atoms with E-state index in [-0.39, 0.29) is 23.3 Å². The van der Waals surface area contributed by atoms with Crippen LogP contribution in [0.4, 0.5) is 0 Å². The number of aromatic hydroxyl groups is 1. The first kappa shape index (κ1) is 15.6. The average Bonchev–Trinajstić information content (AvgIpc) is 3.10. The summed E-state index contributed by atoms with van der Waals surface area (Å²) in [6.45, 7) is 0. The van der Waals surface area contributed by atoms with E-state index in [2.05, 4.69) is 10.3 Å². The smallest absolute Gasteiger partial charge is 0.339 e. The van der Waals surface area contributed by atoms with E-state index < -0.39 is 5.97 Å². The van der Waals surface area contributed by atoms with E-state index in [0.717, 1.165) is 12.8 Å². The largest absolute Gasteiger partial charge is 0.507 e. The molecular weight excluding hydrogens is 316 g/mol. The summed E-state index contributed by atoms with van der Waals surface area (Å²) in [4.78, 5) is 27.9. The zero-order valence-electron chi connectivity index (χ0n) is 12.3. The molecule has 7 heteroatoms. The summed E-state index contributed by atoms with van der Waals surface area (Å²) in [5.41, 5.74) is 0.395. The Morgan fingerprint density at radius 2 is 2.09 bits per heavy atom. The zero-order valence-corrected chi connectivity index (χ0v) is 13.1. The Hall–Kier alpha value is -2.28. The Balaban J connectivity index is 1.78. The third-order valence-electron chi connectivity index (χ3n) is 3.83. The highest BCUT2D eigenvalue weighted by molar-refractivity contribution is 8.18. The first-order valence-corrected chi connectivity index (χ1v) is 8.19. The molecule has 0 aromatic heterocycles. The van der Waals surface area contributed by atoms with Crippen LogP contribution in [0.1, 0.15) is 41.6 Å². The number of phenols is 1. The molecule has 23 heavy (non-hydrogen) atoms. The molecule has 1 aliphatic carbocycles. The van der Waals surface area contributed by atoms with Crippen molar-refractivity contribution in [3.05, 3.63) is 34.2 Å². The summed E-state index contributed by atoms with van der Waals surface area (Å²) in [6, 6.07) is 4.48. The third kappa shape index (κ3) is 3.56. The Labute approximate surface area is 137 Å². The van der Waals surface area contributed by atoms with Crippen LogP contribution in [0, 0.1) is 0 Å². The maximum Gasteiger partial charge on any atom is 0.339 e. The van der Waals surface area contributed by atoms with Crippen molar-refractivity contribution in [1.29, 1.82) is 0 Å². The number of amidine groups is 1. The van der Waals surface area contributed by atoms with Gasteiger partial charge in [0.2, 0.25) is 0 Å². The number of carboxylic acids is 1. The summed E-state index contributed by atoms with van der Waals surface area (Å²) < 4.78 is 0. The molecule has 6 nitrogen and oxygen atoms in total. The number of nitrogens with zero attached hydrogens (tertiary/aromatic N) is 1. The highest BCUT2D eigenvalue weighted by Crippen LogP contribution is 2.30. The number of nitrogens with one attached hydrogen (secondary N) is 1. The average molecular weight is 332 g/mol. The number of benzene rings is 1. The number of carbonyl (C=O) groups excluding carboxylic acids is 1. The van der Waals surface area contributed by atoms with Crippen LogP contribution in [-0.2, 0) is 4.79 Å². The molecule has 0 atom stereocenters. The number of thioether (sulfide) groups is 1. The summed E-state index contributed by atoms with van der Waals surface area (Å²) in [6.07, 6.45) is 6.09. The summed E-state index contributed by atoms with van der Waals surface area (Å²) >= 11 is 1.27. The lowest BCUT2D eigenvalue weighted by molar-refractivity contribution is -0.115. The molecule has 0 bridgehead atoms. The molecule has 0 unspecified atom stereocenters. The lowest BCUT2D eigenvalue weighted by Crippen LogP contribution is -2.21. The third-order valence-corrected chi connectivity index (χ3v) is 4.75. The van der Waals surface area contributed by atoms with E-state index in [1.54, 1.807) is 12.1 Å². The van der Waals surface area contributed by atoms with Crippen molar-refractivity contribution in [3.8, 4) is 5.75 Å². The van der Waals surface area contributed by atoms with Gasteiger partial charge in [-0.15, -0.1) is 0 Å². The maximum atomic E-state index is 12.0. The topological polar surface area (TPSA) is 99.0 Å². The fourth-order valence-corrected chi connectivity index (χ4v) is 3.55. The Morgan fingerprint density at radius 1 is 1.35 bits per heavy atom. The van der Waals surface area contributed by atoms with Crippen LogP contribution in [-0.4, -0.2) is 33.3 Å². The van der Waals surface area contributed by atoms with Gasteiger partial charge in [0.05, 0.1) is 10.9 Å². The van der Waals surface area contributed by atoms with Crippen molar-refractivity contribution in [2.75, 3.05) is 0 Å². The zero-order chi connectivity index (χ0) is 16.4. The van der Waals surface area contributed by atoms with Gasteiger partial charge in [-0.2, -0.15) is 0 Å². The van der Waals surface area contributed by atoms with Gasteiger partial charge >= 0.3 is 5.97 Å². The molecular formula is C16H16N2O4S. The number of carbonyl (C=O) groups is 2. The number of aromatic carboxylic acids is 1. The summed E-state index contributed by atoms with van der Waals surface area (Å²) in [5, 5.41) is 22.0. The molecule has 120 valence electrons. The molecule has 2 aliphatic rings. The molecule has 1 amide bonds. The quantitative estimate of drug-likeness (QED) is 0.739. The number of amides is 1. The molecule has 1 saturated heterocycles. The van der Waals surface area contributed by atoms with Crippen LogP contribution in [0.2, 0.25) is 0 Å². The van der Waals surface area contributed by atoms with Crippen LogP contribution in [0.25, 0.3) is 6.08 Å². The van der Waals surface area contributed by atoms with Gasteiger partial charge in [-0.25, -0.2) is 4.79 Å². The Morgan fingerprint density at radius 3 is 2.74 bits per heavy atom. The maximum absolute atomic E-state index is 12.0. The summed E-state index contributed by atoms with van der Waals surface area (Å²) in [5.74, 6) is -1.75. The van der Waals surface area contributed by atoms with Gasteiger partial charge in [-0.1, -0.05) is 18.9 Å². The van der Waals surface area contributed by atoms with E-state index in [4.69, 9.17) is 5.11 Å². The molecule has 1 saturated carbocycles. The Kier molecular flexibility index (Phi) is 4.38. The molecule has 3 N–H and O–H groups in total. The molecule has 1 heterocycles. The number of carboxylic acid groups (broad SMARTS) is 1. The van der Waals surface area contributed by atoms with Crippen LogP contribution in [0.15, 0.2) is 28.1 Å². The number of hydrogen-bond acceptors (Lipinski definition) is 5. The monoisotopic (exact) mass is 332 g/mol. The lowest BCUT2D eigenvalue weighted by atomic mass is 10.1. The van der Waals surface area contributed by atoms with Crippen molar-refractivity contribution >= 4 is 34.9 Å². The highest BCUT2D eigenvalue weighted by Gasteiger charge is 2.25. The normalized spacial score (nSPS) is 22.0. The second-order valence-corrected chi connectivity index (χ2v) is 6.55. The van der Waals surface area contributed by atoms with E-state index in [9.17, 15) is 14.7 Å². The second kappa shape index (κ2) is 6.45. The lowest BCUT2D eigenvalue weighted by Gasteiger charge is -2.02. The fourth-order valence-electron chi connectivity index (χ4n) is 2.66. The minimum atomic E-state index is -1.19. The molecule has 2 fully saturated rings. The molecule has 1 aromatic carbocycles. The van der Waals surface area contributed by atoms with Crippen LogP contribution in [0.5, 0.6) is 5.75 Å². The van der Waals surface area contributed by atoms with Crippen LogP contribution >= 0.6 is 11.8 Å². The summed E-state index contributed by atoms with van der Waals surface area (Å²) in [7, 11) is 0. The van der Waals surface area contributed by atoms with Gasteiger partial charge in [0, 0.05) is 0 Å². The van der Waals surface area contributed by atoms with Crippen molar-refractivity contribution in [3.63, 3.8) is 0 Å². The molecule has 3 rings (SSSR count). The standard InChI is InChI=1S/C16H16N2O4S/c19-12-7-9(5-6-11(12)15(21)22)8-13-14(20)18-16(23-13)17-10-3-1-2-4-10/h5-8,10,19H,1-4H2,(H,21,22)(H,17,18,20). The van der Waals surface area contributed by atoms with Gasteiger partial charge in [0.1, 0.15) is 11.3 Å². The van der Waals surface area contributed by atoms with Crippen molar-refractivity contribution in [2.45, 2.75) is 31.7 Å². The SMILES string of the molecule is O=C1NC(=NC2CCCC2)SC1=Cc1ccc(C(=O)O)c(O)c1. The molecule has 1 aromatic rings. The van der Waals surface area contributed by atoms with Gasteiger partial charge in [0.25, 0.3) is 5.91 Å². The van der Waals surface area contributed by atoms with Gasteiger partial charge < -0.3 is 15.5 Å². The number of aliphatic imine (C=N–C) groups is 1. The molecule has 0 spiro atoms. The van der Waals surface area contributed by atoms with Gasteiger partial charge in [-0.3, -0.25) is 9.79 Å².